The summed E-state index contributed by atoms with van der Waals surface area (Å²) in [5.74, 6) is 0.964. The number of pyridine rings is 1. The van der Waals surface area contributed by atoms with E-state index in [-0.39, 0.29) is 11.6 Å². The lowest BCUT2D eigenvalue weighted by Crippen LogP contribution is -2.02. The molecule has 3 aromatic carbocycles. The molecule has 5 rings (SSSR count). The summed E-state index contributed by atoms with van der Waals surface area (Å²) in [6.07, 6.45) is 4.45. The Morgan fingerprint density at radius 3 is 2.37 bits per heavy atom. The van der Waals surface area contributed by atoms with E-state index in [0.29, 0.717) is 30.6 Å². The van der Waals surface area contributed by atoms with Gasteiger partial charge >= 0.3 is 0 Å². The van der Waals surface area contributed by atoms with Gasteiger partial charge in [-0.1, -0.05) is 55.5 Å². The zero-order valence-corrected chi connectivity index (χ0v) is 24.0. The maximum atomic E-state index is 11.8. The molecule has 0 aliphatic carbocycles. The molecular weight excluding hydrogens is 508 g/mol. The van der Waals surface area contributed by atoms with Crippen molar-refractivity contribution in [3.8, 4) is 34.2 Å². The Balaban J connectivity index is 0.000000205. The summed E-state index contributed by atoms with van der Waals surface area (Å²) in [4.78, 5) is 27.2. The molecular formula is C36H36N2O3. The summed E-state index contributed by atoms with van der Waals surface area (Å²) in [6, 6.07) is 29.6. The molecule has 1 aliphatic rings. The number of benzene rings is 3. The number of allylic oxidation sites excluding steroid dienone is 1. The number of rotatable bonds is 7. The minimum Gasteiger partial charge on any atom is -0.493 e. The summed E-state index contributed by atoms with van der Waals surface area (Å²) in [7, 11) is 0. The summed E-state index contributed by atoms with van der Waals surface area (Å²) in [5.41, 5.74) is 7.58. The highest BCUT2D eigenvalue weighted by Crippen LogP contribution is 2.27. The number of ether oxygens (including phenoxy) is 1. The highest BCUT2D eigenvalue weighted by Gasteiger charge is 2.15. The van der Waals surface area contributed by atoms with Crippen molar-refractivity contribution < 1.29 is 14.3 Å². The molecule has 0 atom stereocenters. The molecule has 1 aliphatic heterocycles. The number of carbonyl (C=O) groups is 2. The normalized spacial score (nSPS) is 10.9. The number of hydrogen-bond donors (Lipinski definition) is 0. The highest BCUT2D eigenvalue weighted by molar-refractivity contribution is 5.98. The molecule has 0 saturated carbocycles. The van der Waals surface area contributed by atoms with E-state index in [0.717, 1.165) is 52.2 Å². The van der Waals surface area contributed by atoms with Crippen LogP contribution in [-0.2, 0) is 11.2 Å². The van der Waals surface area contributed by atoms with Crippen molar-refractivity contribution in [1.29, 1.82) is 5.26 Å². The van der Waals surface area contributed by atoms with Crippen LogP contribution in [0, 0.1) is 18.3 Å². The van der Waals surface area contributed by atoms with Crippen LogP contribution in [0.15, 0.2) is 97.6 Å². The smallest absolute Gasteiger partial charge is 0.163 e. The fraction of sp³-hybridized carbons (Fsp3) is 0.222. The average Bonchev–Trinajstić information content (AvgIpc) is 3.48. The van der Waals surface area contributed by atoms with Gasteiger partial charge in [0.15, 0.2) is 5.78 Å². The van der Waals surface area contributed by atoms with Crippen LogP contribution in [-0.4, -0.2) is 23.2 Å². The molecule has 0 fully saturated rings. The predicted molar refractivity (Wildman–Crippen MR) is 165 cm³/mol. The van der Waals surface area contributed by atoms with Gasteiger partial charge in [-0.15, -0.1) is 6.58 Å². The third-order valence-electron chi connectivity index (χ3n) is 6.35. The minimum absolute atomic E-state index is 0.0323. The molecule has 5 heteroatoms. The van der Waals surface area contributed by atoms with Crippen LogP contribution in [0.2, 0.25) is 0 Å². The van der Waals surface area contributed by atoms with Gasteiger partial charge in [-0.05, 0) is 79.4 Å². The zero-order chi connectivity index (χ0) is 29.6. The van der Waals surface area contributed by atoms with Gasteiger partial charge in [-0.25, -0.2) is 0 Å². The monoisotopic (exact) mass is 544 g/mol. The Hall–Kier alpha value is -4.82. The largest absolute Gasteiger partial charge is 0.493 e. The fourth-order valence-electron chi connectivity index (χ4n) is 4.15. The van der Waals surface area contributed by atoms with Gasteiger partial charge in [-0.3, -0.25) is 9.78 Å². The van der Waals surface area contributed by atoms with Crippen LogP contribution in [0.4, 0.5) is 0 Å². The molecule has 1 aromatic heterocycles. The van der Waals surface area contributed by atoms with Gasteiger partial charge in [0, 0.05) is 36.1 Å². The van der Waals surface area contributed by atoms with Crippen molar-refractivity contribution in [3.05, 3.63) is 120 Å². The number of aromatic nitrogens is 1. The highest BCUT2D eigenvalue weighted by atomic mass is 16.5. The standard InChI is InChI=1S/C19H14N2.C13H14O3.C4H8/c1-14-10-18(17-9-5-6-15(11-17)13-20)12-19(21-14)16-7-3-2-4-8-16;1-9(14)2-4-12(15)10-3-5-13-11(8-10)6-7-16-13;1-3-4-2/h2-12H,1H3;3,5,8H,2,4,6-7H2,1H3;3H,1,4H2,2H3. The van der Waals surface area contributed by atoms with Gasteiger partial charge < -0.3 is 9.53 Å². The van der Waals surface area contributed by atoms with E-state index in [4.69, 9.17) is 10.00 Å². The molecule has 41 heavy (non-hydrogen) atoms. The van der Waals surface area contributed by atoms with Gasteiger partial charge in [0.25, 0.3) is 0 Å². The third kappa shape index (κ3) is 9.40. The van der Waals surface area contributed by atoms with E-state index < -0.39 is 0 Å². The number of fused-ring (bicyclic) bond motifs is 1. The molecule has 0 unspecified atom stereocenters. The molecule has 0 amide bonds. The van der Waals surface area contributed by atoms with Crippen LogP contribution in [0.3, 0.4) is 0 Å². The SMILES string of the molecule is C=CCC.CC(=O)CCC(=O)c1ccc2c(c1)CCO2.Cc1cc(-c2cccc(C#N)c2)cc(-c2ccccc2)n1. The maximum absolute atomic E-state index is 11.8. The van der Waals surface area contributed by atoms with Crippen molar-refractivity contribution in [2.45, 2.75) is 46.5 Å². The maximum Gasteiger partial charge on any atom is 0.163 e. The van der Waals surface area contributed by atoms with E-state index in [1.165, 1.54) is 6.92 Å². The molecule has 5 nitrogen and oxygen atoms in total. The minimum atomic E-state index is 0.0323. The second-order valence-electron chi connectivity index (χ2n) is 9.68. The first kappa shape index (κ1) is 30.7. The number of nitriles is 1. The van der Waals surface area contributed by atoms with Crippen LogP contribution >= 0.6 is 0 Å². The fourth-order valence-corrected chi connectivity index (χ4v) is 4.15. The Labute approximate surface area is 243 Å². The Bertz CT molecular complexity index is 1530. The van der Waals surface area contributed by atoms with E-state index in [1.807, 2.05) is 73.7 Å². The molecule has 4 aromatic rings. The molecule has 0 bridgehead atoms. The summed E-state index contributed by atoms with van der Waals surface area (Å²) in [6.45, 7) is 9.73. The lowest BCUT2D eigenvalue weighted by molar-refractivity contribution is -0.116. The van der Waals surface area contributed by atoms with E-state index in [2.05, 4.69) is 42.8 Å². The molecule has 0 N–H and O–H groups in total. The number of hydrogen-bond acceptors (Lipinski definition) is 5. The van der Waals surface area contributed by atoms with Crippen molar-refractivity contribution in [1.82, 2.24) is 4.98 Å². The van der Waals surface area contributed by atoms with Gasteiger partial charge in [0.1, 0.15) is 11.5 Å². The van der Waals surface area contributed by atoms with Crippen LogP contribution < -0.4 is 4.74 Å². The second kappa shape index (κ2) is 15.7. The number of ketones is 2. The van der Waals surface area contributed by atoms with Gasteiger partial charge in [-0.2, -0.15) is 5.26 Å². The van der Waals surface area contributed by atoms with E-state index in [1.54, 1.807) is 6.07 Å². The van der Waals surface area contributed by atoms with Crippen molar-refractivity contribution in [3.63, 3.8) is 0 Å². The van der Waals surface area contributed by atoms with Gasteiger partial charge in [0.2, 0.25) is 0 Å². The number of aryl methyl sites for hydroxylation is 1. The molecule has 0 radical (unpaired) electrons. The molecule has 0 saturated heterocycles. The lowest BCUT2D eigenvalue weighted by Gasteiger charge is -2.08. The Morgan fingerprint density at radius 2 is 1.68 bits per heavy atom. The van der Waals surface area contributed by atoms with Crippen LogP contribution in [0.25, 0.3) is 22.4 Å². The predicted octanol–water partition coefficient (Wildman–Crippen LogP) is 8.35. The first-order valence-corrected chi connectivity index (χ1v) is 13.8. The quantitative estimate of drug-likeness (QED) is 0.172. The first-order valence-electron chi connectivity index (χ1n) is 13.8. The Morgan fingerprint density at radius 1 is 0.951 bits per heavy atom. The van der Waals surface area contributed by atoms with Gasteiger partial charge in [0.05, 0.1) is 23.9 Å². The van der Waals surface area contributed by atoms with E-state index >= 15 is 0 Å². The average molecular weight is 545 g/mol. The lowest BCUT2D eigenvalue weighted by atomic mass is 10.0. The summed E-state index contributed by atoms with van der Waals surface area (Å²) in [5, 5.41) is 9.03. The van der Waals surface area contributed by atoms with Crippen LogP contribution in [0.1, 0.15) is 60.3 Å². The first-order chi connectivity index (χ1) is 19.8. The van der Waals surface area contributed by atoms with Crippen molar-refractivity contribution in [2.24, 2.45) is 0 Å². The van der Waals surface area contributed by atoms with Crippen LogP contribution in [0.5, 0.6) is 5.75 Å². The third-order valence-corrected chi connectivity index (χ3v) is 6.35. The Kier molecular flexibility index (Phi) is 11.8. The molecule has 2 heterocycles. The van der Waals surface area contributed by atoms with E-state index in [9.17, 15) is 9.59 Å². The molecule has 0 spiro atoms. The van der Waals surface area contributed by atoms with Crippen molar-refractivity contribution in [2.75, 3.05) is 6.61 Å². The molecule has 208 valence electrons. The zero-order valence-electron chi connectivity index (χ0n) is 24.0. The summed E-state index contributed by atoms with van der Waals surface area (Å²) < 4.78 is 5.37. The second-order valence-corrected chi connectivity index (χ2v) is 9.68. The number of carbonyl (C=O) groups excluding carboxylic acids is 2. The topological polar surface area (TPSA) is 80.0 Å². The summed E-state index contributed by atoms with van der Waals surface area (Å²) >= 11 is 0. The van der Waals surface area contributed by atoms with Crippen molar-refractivity contribution >= 4 is 11.6 Å². The number of Topliss-reactive ketones (excluding diaryl/α,β-unsaturated/α-hetero) is 2. The number of nitrogens with zero attached hydrogens (tertiary/aromatic N) is 2.